The lowest BCUT2D eigenvalue weighted by Gasteiger charge is -2.11. The summed E-state index contributed by atoms with van der Waals surface area (Å²) >= 11 is 0. The number of hydrogen-bond acceptors (Lipinski definition) is 5. The van der Waals surface area contributed by atoms with E-state index in [1.165, 1.54) is 43.5 Å². The summed E-state index contributed by atoms with van der Waals surface area (Å²) in [5, 5.41) is 10.4. The van der Waals surface area contributed by atoms with Crippen LogP contribution in [-0.2, 0) is 4.79 Å². The van der Waals surface area contributed by atoms with E-state index >= 15 is 0 Å². The highest BCUT2D eigenvalue weighted by molar-refractivity contribution is 6.07. The Kier molecular flexibility index (Phi) is 5.68. The molecule has 0 aliphatic rings. The molecule has 2 rings (SSSR count). The zero-order valence-corrected chi connectivity index (χ0v) is 12.8. The first kappa shape index (κ1) is 17.2. The summed E-state index contributed by atoms with van der Waals surface area (Å²) in [5.74, 6) is -1.87. The summed E-state index contributed by atoms with van der Waals surface area (Å²) < 4.78 is 23.7. The molecular weight excluding hydrogens is 315 g/mol. The maximum Gasteiger partial charge on any atom is 0.188 e. The van der Waals surface area contributed by atoms with Crippen LogP contribution in [-0.4, -0.2) is 25.5 Å². The fourth-order valence-corrected chi connectivity index (χ4v) is 1.97. The Labute approximate surface area is 137 Å². The molecule has 0 atom stereocenters. The van der Waals surface area contributed by atoms with Crippen molar-refractivity contribution in [3.8, 4) is 11.5 Å². The molecule has 0 aromatic heterocycles. The number of carboxylic acids is 1. The minimum absolute atomic E-state index is 0.0189. The maximum atomic E-state index is 13.5. The van der Waals surface area contributed by atoms with Crippen molar-refractivity contribution in [2.45, 2.75) is 0 Å². The molecule has 0 amide bonds. The van der Waals surface area contributed by atoms with Crippen molar-refractivity contribution in [1.82, 2.24) is 0 Å². The van der Waals surface area contributed by atoms with E-state index in [-0.39, 0.29) is 11.3 Å². The zero-order valence-electron chi connectivity index (χ0n) is 12.8. The first-order chi connectivity index (χ1) is 11.5. The van der Waals surface area contributed by atoms with Crippen molar-refractivity contribution in [2.75, 3.05) is 13.7 Å². The molecule has 0 bridgehead atoms. The van der Waals surface area contributed by atoms with Crippen LogP contribution in [0.5, 0.6) is 11.5 Å². The maximum absolute atomic E-state index is 13.5. The van der Waals surface area contributed by atoms with Crippen LogP contribution < -0.4 is 14.6 Å². The Morgan fingerprint density at radius 3 is 2.58 bits per heavy atom. The van der Waals surface area contributed by atoms with Gasteiger partial charge in [-0.25, -0.2) is 4.39 Å². The third-order valence-corrected chi connectivity index (χ3v) is 3.10. The first-order valence-electron chi connectivity index (χ1n) is 6.99. The number of carbonyl (C=O) groups is 2. The van der Waals surface area contributed by atoms with Gasteiger partial charge in [-0.15, -0.1) is 0 Å². The SMILES string of the molecule is COc1cc(/C=C/C(=O)c2ccccc2F)ccc1OCC(=O)[O-]. The lowest BCUT2D eigenvalue weighted by Crippen LogP contribution is -2.29. The van der Waals surface area contributed by atoms with Gasteiger partial charge in [-0.3, -0.25) is 4.79 Å². The Bertz CT molecular complexity index is 783. The van der Waals surface area contributed by atoms with Crippen molar-refractivity contribution in [3.05, 3.63) is 65.5 Å². The van der Waals surface area contributed by atoms with Crippen molar-refractivity contribution in [2.24, 2.45) is 0 Å². The molecule has 24 heavy (non-hydrogen) atoms. The molecule has 5 nitrogen and oxygen atoms in total. The number of carboxylic acid groups (broad SMARTS) is 1. The van der Waals surface area contributed by atoms with E-state index in [9.17, 15) is 19.1 Å². The zero-order chi connectivity index (χ0) is 17.5. The highest BCUT2D eigenvalue weighted by atomic mass is 19.1. The number of benzene rings is 2. The molecule has 6 heteroatoms. The van der Waals surface area contributed by atoms with Gasteiger partial charge in [-0.2, -0.15) is 0 Å². The van der Waals surface area contributed by atoms with Crippen LogP contribution in [0.4, 0.5) is 4.39 Å². The summed E-state index contributed by atoms with van der Waals surface area (Å²) in [7, 11) is 1.40. The number of hydrogen-bond donors (Lipinski definition) is 0. The molecule has 0 radical (unpaired) electrons. The lowest BCUT2D eigenvalue weighted by atomic mass is 10.1. The van der Waals surface area contributed by atoms with Crippen molar-refractivity contribution < 1.29 is 28.6 Å². The Balaban J connectivity index is 2.16. The second kappa shape index (κ2) is 7.92. The molecule has 0 saturated carbocycles. The summed E-state index contributed by atoms with van der Waals surface area (Å²) in [6, 6.07) is 10.4. The number of carbonyl (C=O) groups excluding carboxylic acids is 2. The number of halogens is 1. The molecule has 0 N–H and O–H groups in total. The largest absolute Gasteiger partial charge is 0.546 e. The van der Waals surface area contributed by atoms with Gasteiger partial charge in [-0.05, 0) is 35.9 Å². The van der Waals surface area contributed by atoms with Gasteiger partial charge in [0.25, 0.3) is 0 Å². The fourth-order valence-electron chi connectivity index (χ4n) is 1.97. The number of aliphatic carboxylic acids is 1. The number of ether oxygens (including phenoxy) is 2. The predicted molar refractivity (Wildman–Crippen MR) is 83.3 cm³/mol. The fraction of sp³-hybridized carbons (Fsp3) is 0.111. The molecule has 0 fully saturated rings. The van der Waals surface area contributed by atoms with Crippen LogP contribution in [0.1, 0.15) is 15.9 Å². The Hall–Kier alpha value is -3.15. The van der Waals surface area contributed by atoms with E-state index in [0.717, 1.165) is 0 Å². The van der Waals surface area contributed by atoms with E-state index in [2.05, 4.69) is 0 Å². The molecule has 0 spiro atoms. The monoisotopic (exact) mass is 329 g/mol. The van der Waals surface area contributed by atoms with Gasteiger partial charge in [0.05, 0.1) is 18.6 Å². The van der Waals surface area contributed by atoms with Gasteiger partial charge >= 0.3 is 0 Å². The van der Waals surface area contributed by atoms with E-state index in [1.54, 1.807) is 18.2 Å². The first-order valence-corrected chi connectivity index (χ1v) is 6.99. The third-order valence-electron chi connectivity index (χ3n) is 3.10. The van der Waals surface area contributed by atoms with Crippen LogP contribution in [0.2, 0.25) is 0 Å². The van der Waals surface area contributed by atoms with Gasteiger partial charge in [0, 0.05) is 0 Å². The number of ketones is 1. The molecular formula is C18H14FO5-. The average molecular weight is 329 g/mol. The van der Waals surface area contributed by atoms with E-state index in [1.807, 2.05) is 0 Å². The molecule has 0 heterocycles. The molecule has 0 aliphatic carbocycles. The highest BCUT2D eigenvalue weighted by Gasteiger charge is 2.08. The van der Waals surface area contributed by atoms with Crippen molar-refractivity contribution >= 4 is 17.8 Å². The molecule has 2 aromatic carbocycles. The second-order valence-electron chi connectivity index (χ2n) is 4.75. The van der Waals surface area contributed by atoms with Gasteiger partial charge in [-0.1, -0.05) is 24.3 Å². The van der Waals surface area contributed by atoms with Gasteiger partial charge in [0.2, 0.25) is 0 Å². The van der Waals surface area contributed by atoms with Crippen LogP contribution in [0, 0.1) is 5.82 Å². The van der Waals surface area contributed by atoms with E-state index < -0.39 is 24.2 Å². The summed E-state index contributed by atoms with van der Waals surface area (Å²) in [6.45, 7) is -0.600. The minimum atomic E-state index is -1.35. The molecule has 124 valence electrons. The normalized spacial score (nSPS) is 10.6. The minimum Gasteiger partial charge on any atom is -0.546 e. The number of methoxy groups -OCH3 is 1. The summed E-state index contributed by atoms with van der Waals surface area (Å²) in [6.07, 6.45) is 2.74. The quantitative estimate of drug-likeness (QED) is 0.572. The Morgan fingerprint density at radius 2 is 1.92 bits per heavy atom. The smallest absolute Gasteiger partial charge is 0.188 e. The topological polar surface area (TPSA) is 75.7 Å². The van der Waals surface area contributed by atoms with E-state index in [4.69, 9.17) is 9.47 Å². The van der Waals surface area contributed by atoms with Crippen LogP contribution in [0.3, 0.4) is 0 Å². The third kappa shape index (κ3) is 4.42. The molecule has 0 aliphatic heterocycles. The van der Waals surface area contributed by atoms with Crippen LogP contribution >= 0.6 is 0 Å². The summed E-state index contributed by atoms with van der Waals surface area (Å²) in [4.78, 5) is 22.4. The number of allylic oxidation sites excluding steroid dienone is 1. The van der Waals surface area contributed by atoms with Gasteiger partial charge < -0.3 is 19.4 Å². The van der Waals surface area contributed by atoms with E-state index in [0.29, 0.717) is 11.3 Å². The van der Waals surface area contributed by atoms with Gasteiger partial charge in [0.15, 0.2) is 17.3 Å². The van der Waals surface area contributed by atoms with Crippen molar-refractivity contribution in [3.63, 3.8) is 0 Å². The molecule has 0 saturated heterocycles. The predicted octanol–water partition coefficient (Wildman–Crippen LogP) is 1.86. The summed E-state index contributed by atoms with van der Waals surface area (Å²) in [5.41, 5.74) is 0.590. The molecule has 2 aromatic rings. The molecule has 0 unspecified atom stereocenters. The van der Waals surface area contributed by atoms with Gasteiger partial charge in [0.1, 0.15) is 12.4 Å². The van der Waals surface area contributed by atoms with Crippen molar-refractivity contribution in [1.29, 1.82) is 0 Å². The standard InChI is InChI=1S/C18H15FO5/c1-23-17-10-12(7-9-16(17)24-11-18(21)22)6-8-15(20)13-4-2-3-5-14(13)19/h2-10H,11H2,1H3,(H,21,22)/p-1/b8-6+. The highest BCUT2D eigenvalue weighted by Crippen LogP contribution is 2.28. The lowest BCUT2D eigenvalue weighted by molar-refractivity contribution is -0.307. The van der Waals surface area contributed by atoms with Crippen LogP contribution in [0.25, 0.3) is 6.08 Å². The Morgan fingerprint density at radius 1 is 1.17 bits per heavy atom. The second-order valence-corrected chi connectivity index (χ2v) is 4.75. The van der Waals surface area contributed by atoms with Crippen LogP contribution in [0.15, 0.2) is 48.5 Å². The number of rotatable bonds is 7. The average Bonchev–Trinajstić information content (AvgIpc) is 2.58.